The molecule has 0 aliphatic heterocycles. The number of aliphatic hydroxyl groups is 1. The van der Waals surface area contributed by atoms with Crippen molar-refractivity contribution < 1.29 is 5.11 Å². The molecule has 0 atom stereocenters. The quantitative estimate of drug-likeness (QED) is 0.581. The summed E-state index contributed by atoms with van der Waals surface area (Å²) in [7, 11) is 0. The topological polar surface area (TPSA) is 62.5 Å². The molecule has 0 aliphatic rings. The van der Waals surface area contributed by atoms with Crippen LogP contribution in [0.25, 0.3) is 16.2 Å². The summed E-state index contributed by atoms with van der Waals surface area (Å²) < 4.78 is 1.86. The van der Waals surface area contributed by atoms with Crippen molar-refractivity contribution >= 4 is 32.8 Å². The molecule has 0 amide bonds. The lowest BCUT2D eigenvalue weighted by Crippen LogP contribution is -1.98. The van der Waals surface area contributed by atoms with Gasteiger partial charge in [0, 0.05) is 10.4 Å². The Hall–Kier alpha value is -2.22. The number of fused-ring (bicyclic) bond motifs is 1. The van der Waals surface area contributed by atoms with Gasteiger partial charge in [-0.15, -0.1) is 16.4 Å². The fourth-order valence-corrected chi connectivity index (χ4v) is 3.73. The van der Waals surface area contributed by atoms with Crippen LogP contribution in [0.5, 0.6) is 0 Å². The normalized spacial score (nSPS) is 11.2. The van der Waals surface area contributed by atoms with Gasteiger partial charge in [-0.25, -0.2) is 9.50 Å². The maximum Gasteiger partial charge on any atom is 0.214 e. The Labute approximate surface area is 140 Å². The van der Waals surface area contributed by atoms with Gasteiger partial charge in [0.2, 0.25) is 10.1 Å². The summed E-state index contributed by atoms with van der Waals surface area (Å²) in [6.07, 6.45) is 1.83. The van der Waals surface area contributed by atoms with Crippen molar-refractivity contribution in [2.24, 2.45) is 0 Å². The summed E-state index contributed by atoms with van der Waals surface area (Å²) in [4.78, 5) is 6.57. The number of benzene rings is 1. The van der Waals surface area contributed by atoms with Crippen molar-refractivity contribution in [1.29, 1.82) is 0 Å². The fourth-order valence-electron chi connectivity index (χ4n) is 2.32. The molecule has 3 heterocycles. The van der Waals surface area contributed by atoms with Gasteiger partial charge in [-0.1, -0.05) is 41.7 Å². The molecule has 0 saturated heterocycles. The third-order valence-corrected chi connectivity index (χ3v) is 5.27. The fraction of sp³-hybridized carbons (Fsp3) is 0.125. The number of rotatable bonds is 5. The van der Waals surface area contributed by atoms with Gasteiger partial charge in [0.25, 0.3) is 0 Å². The maximum atomic E-state index is 9.14. The second-order valence-corrected chi connectivity index (χ2v) is 7.02. The van der Waals surface area contributed by atoms with Crippen molar-refractivity contribution in [2.75, 3.05) is 5.32 Å². The molecule has 0 spiro atoms. The first kappa shape index (κ1) is 14.4. The molecular weight excluding hydrogens is 328 g/mol. The predicted molar refractivity (Wildman–Crippen MR) is 93.9 cm³/mol. The minimum atomic E-state index is 0.0512. The van der Waals surface area contributed by atoms with E-state index in [-0.39, 0.29) is 6.61 Å². The van der Waals surface area contributed by atoms with Crippen LogP contribution in [-0.4, -0.2) is 19.7 Å². The molecule has 3 aromatic heterocycles. The third kappa shape index (κ3) is 2.86. The molecule has 116 valence electrons. The zero-order chi connectivity index (χ0) is 15.6. The molecule has 5 nitrogen and oxygen atoms in total. The predicted octanol–water partition coefficient (Wildman–Crippen LogP) is 3.62. The highest BCUT2D eigenvalue weighted by molar-refractivity contribution is 7.20. The standard InChI is InChI=1S/C16H14N4OS2/c21-10-11-3-5-12(6-4-11)14-9-18-16-20(14)19-15(23-16)17-8-13-2-1-7-22-13/h1-7,9,21H,8,10H2,(H,17,19). The van der Waals surface area contributed by atoms with Crippen LogP contribution in [0, 0.1) is 0 Å². The number of imidazole rings is 1. The number of hydrogen-bond donors (Lipinski definition) is 2. The van der Waals surface area contributed by atoms with Crippen LogP contribution >= 0.6 is 22.7 Å². The van der Waals surface area contributed by atoms with Gasteiger partial charge in [0.1, 0.15) is 0 Å². The van der Waals surface area contributed by atoms with E-state index < -0.39 is 0 Å². The van der Waals surface area contributed by atoms with Crippen LogP contribution in [0.1, 0.15) is 10.4 Å². The molecule has 2 N–H and O–H groups in total. The van der Waals surface area contributed by atoms with Crippen LogP contribution in [0.4, 0.5) is 5.13 Å². The first-order chi connectivity index (χ1) is 11.3. The van der Waals surface area contributed by atoms with E-state index in [2.05, 4.69) is 26.8 Å². The molecule has 0 radical (unpaired) electrons. The molecule has 1 aromatic carbocycles. The van der Waals surface area contributed by atoms with Gasteiger partial charge in [-0.3, -0.25) is 0 Å². The lowest BCUT2D eigenvalue weighted by molar-refractivity contribution is 0.282. The Kier molecular flexibility index (Phi) is 3.82. The second-order valence-electron chi connectivity index (χ2n) is 5.03. The molecule has 0 fully saturated rings. The SMILES string of the molecule is OCc1ccc(-c2cnc3sc(NCc4cccs4)nn23)cc1. The number of aromatic nitrogens is 3. The van der Waals surface area contributed by atoms with Crippen LogP contribution in [0.15, 0.2) is 48.0 Å². The van der Waals surface area contributed by atoms with E-state index in [4.69, 9.17) is 5.11 Å². The van der Waals surface area contributed by atoms with Gasteiger partial charge < -0.3 is 10.4 Å². The summed E-state index contributed by atoms with van der Waals surface area (Å²) in [6.45, 7) is 0.824. The highest BCUT2D eigenvalue weighted by atomic mass is 32.1. The zero-order valence-corrected chi connectivity index (χ0v) is 13.8. The summed E-state index contributed by atoms with van der Waals surface area (Å²) in [5, 5.41) is 20.0. The number of thiophene rings is 1. The first-order valence-electron chi connectivity index (χ1n) is 7.14. The number of anilines is 1. The van der Waals surface area contributed by atoms with Crippen molar-refractivity contribution in [2.45, 2.75) is 13.2 Å². The van der Waals surface area contributed by atoms with Gasteiger partial charge in [0.15, 0.2) is 0 Å². The summed E-state index contributed by atoms with van der Waals surface area (Å²) >= 11 is 3.26. The molecule has 4 aromatic rings. The van der Waals surface area contributed by atoms with Crippen LogP contribution in [-0.2, 0) is 13.2 Å². The molecule has 0 saturated carbocycles. The second kappa shape index (κ2) is 6.11. The number of hydrogen-bond acceptors (Lipinski definition) is 6. The smallest absolute Gasteiger partial charge is 0.214 e. The van der Waals surface area contributed by atoms with Gasteiger partial charge >= 0.3 is 0 Å². The van der Waals surface area contributed by atoms with E-state index in [0.717, 1.165) is 33.5 Å². The van der Waals surface area contributed by atoms with E-state index in [1.807, 2.05) is 41.0 Å². The Balaban J connectivity index is 1.60. The molecule has 0 aliphatic carbocycles. The van der Waals surface area contributed by atoms with E-state index in [0.29, 0.717) is 0 Å². The van der Waals surface area contributed by atoms with Crippen LogP contribution < -0.4 is 5.32 Å². The van der Waals surface area contributed by atoms with Crippen molar-refractivity contribution in [3.8, 4) is 11.3 Å². The Morgan fingerprint density at radius 2 is 2.04 bits per heavy atom. The summed E-state index contributed by atoms with van der Waals surface area (Å²) in [5.74, 6) is 0. The van der Waals surface area contributed by atoms with E-state index in [1.54, 1.807) is 11.3 Å². The largest absolute Gasteiger partial charge is 0.392 e. The molecule has 23 heavy (non-hydrogen) atoms. The van der Waals surface area contributed by atoms with Crippen molar-refractivity contribution in [3.63, 3.8) is 0 Å². The van der Waals surface area contributed by atoms with E-state index >= 15 is 0 Å². The average Bonchev–Trinajstić information content (AvgIpc) is 3.30. The molecule has 4 rings (SSSR count). The third-order valence-electron chi connectivity index (χ3n) is 3.51. The molecule has 0 unspecified atom stereocenters. The maximum absolute atomic E-state index is 9.14. The van der Waals surface area contributed by atoms with Crippen molar-refractivity contribution in [3.05, 3.63) is 58.4 Å². The monoisotopic (exact) mass is 342 g/mol. The van der Waals surface area contributed by atoms with Gasteiger partial charge in [-0.2, -0.15) is 0 Å². The molecule has 0 bridgehead atoms. The van der Waals surface area contributed by atoms with Crippen LogP contribution in [0.3, 0.4) is 0 Å². The van der Waals surface area contributed by atoms with E-state index in [1.165, 1.54) is 16.2 Å². The molecular formula is C16H14N4OS2. The lowest BCUT2D eigenvalue weighted by Gasteiger charge is -2.01. The number of nitrogens with zero attached hydrogens (tertiary/aromatic N) is 3. The number of aliphatic hydroxyl groups excluding tert-OH is 1. The lowest BCUT2D eigenvalue weighted by atomic mass is 10.1. The van der Waals surface area contributed by atoms with Crippen LogP contribution in [0.2, 0.25) is 0 Å². The minimum Gasteiger partial charge on any atom is -0.392 e. The first-order valence-corrected chi connectivity index (χ1v) is 8.84. The Morgan fingerprint density at radius 1 is 1.17 bits per heavy atom. The Bertz CT molecular complexity index is 910. The van der Waals surface area contributed by atoms with Gasteiger partial charge in [0.05, 0.1) is 25.0 Å². The molecule has 7 heteroatoms. The highest BCUT2D eigenvalue weighted by Crippen LogP contribution is 2.26. The zero-order valence-electron chi connectivity index (χ0n) is 12.1. The minimum absolute atomic E-state index is 0.0512. The van der Waals surface area contributed by atoms with E-state index in [9.17, 15) is 0 Å². The summed E-state index contributed by atoms with van der Waals surface area (Å²) in [6, 6.07) is 11.9. The summed E-state index contributed by atoms with van der Waals surface area (Å²) in [5.41, 5.74) is 2.88. The van der Waals surface area contributed by atoms with Gasteiger partial charge in [-0.05, 0) is 17.0 Å². The number of nitrogens with one attached hydrogen (secondary N) is 1. The average molecular weight is 342 g/mol. The van der Waals surface area contributed by atoms with Crippen molar-refractivity contribution in [1.82, 2.24) is 14.6 Å². The Morgan fingerprint density at radius 3 is 2.78 bits per heavy atom. The highest BCUT2D eigenvalue weighted by Gasteiger charge is 2.11.